The van der Waals surface area contributed by atoms with Crippen LogP contribution < -0.4 is 5.56 Å². The molecule has 0 radical (unpaired) electrons. The summed E-state index contributed by atoms with van der Waals surface area (Å²) in [4.78, 5) is 37.8. The van der Waals surface area contributed by atoms with Crippen LogP contribution >= 0.6 is 0 Å². The quantitative estimate of drug-likeness (QED) is 0.430. The van der Waals surface area contributed by atoms with Gasteiger partial charge in [-0.25, -0.2) is 4.98 Å². The summed E-state index contributed by atoms with van der Waals surface area (Å²) in [6.45, 7) is 0. The van der Waals surface area contributed by atoms with Gasteiger partial charge in [0.2, 0.25) is 0 Å². The lowest BCUT2D eigenvalue weighted by Crippen LogP contribution is -2.52. The first-order valence-corrected chi connectivity index (χ1v) is 14.1. The van der Waals surface area contributed by atoms with Gasteiger partial charge in [0.25, 0.3) is 5.56 Å². The average molecular weight is 507 g/mol. The SMILES string of the molecule is CON=C(CCC(=O)O)c1nc2ccccc2n([C@H]2C[C@H]3CC[C@@H](C2)N3C2CC3CCCC(C3)C2)c1=O. The Hall–Kier alpha value is -2.74. The maximum Gasteiger partial charge on any atom is 0.303 e. The van der Waals surface area contributed by atoms with E-state index in [2.05, 4.69) is 15.0 Å². The molecule has 5 atom stereocenters. The molecule has 2 aliphatic heterocycles. The number of fused-ring (bicyclic) bond motifs is 5. The predicted octanol–water partition coefficient (Wildman–Crippen LogP) is 4.75. The molecule has 0 amide bonds. The summed E-state index contributed by atoms with van der Waals surface area (Å²) < 4.78 is 1.95. The number of piperidine rings is 1. The zero-order chi connectivity index (χ0) is 25.5. The monoisotopic (exact) mass is 506 g/mol. The van der Waals surface area contributed by atoms with E-state index in [0.29, 0.717) is 23.8 Å². The second kappa shape index (κ2) is 10.2. The van der Waals surface area contributed by atoms with Crippen LogP contribution in [0.5, 0.6) is 0 Å². The van der Waals surface area contributed by atoms with Crippen LogP contribution in [0.25, 0.3) is 11.0 Å². The number of carboxylic acid groups (broad SMARTS) is 1. The van der Waals surface area contributed by atoms with E-state index < -0.39 is 5.97 Å². The molecule has 0 spiro atoms. The highest BCUT2D eigenvalue weighted by Gasteiger charge is 2.47. The van der Waals surface area contributed by atoms with Gasteiger partial charge >= 0.3 is 5.97 Å². The minimum absolute atomic E-state index is 0.0947. The van der Waals surface area contributed by atoms with Gasteiger partial charge in [0, 0.05) is 30.6 Å². The highest BCUT2D eigenvalue weighted by molar-refractivity contribution is 6.00. The predicted molar refractivity (Wildman–Crippen MR) is 142 cm³/mol. The summed E-state index contributed by atoms with van der Waals surface area (Å²) in [5.74, 6) is 0.877. The van der Waals surface area contributed by atoms with E-state index in [1.54, 1.807) is 0 Å². The molecular formula is C29H38N4O4. The largest absolute Gasteiger partial charge is 0.481 e. The Kier molecular flexibility index (Phi) is 6.78. The van der Waals surface area contributed by atoms with Crippen molar-refractivity contribution < 1.29 is 14.7 Å². The van der Waals surface area contributed by atoms with Gasteiger partial charge < -0.3 is 14.5 Å². The summed E-state index contributed by atoms with van der Waals surface area (Å²) in [6, 6.07) is 9.63. The van der Waals surface area contributed by atoms with E-state index in [-0.39, 0.29) is 30.1 Å². The van der Waals surface area contributed by atoms with E-state index in [1.807, 2.05) is 28.8 Å². The van der Waals surface area contributed by atoms with Crippen LogP contribution in [0.4, 0.5) is 0 Å². The highest BCUT2D eigenvalue weighted by Crippen LogP contribution is 2.48. The van der Waals surface area contributed by atoms with Crippen molar-refractivity contribution in [3.8, 4) is 0 Å². The van der Waals surface area contributed by atoms with Gasteiger partial charge in [0.05, 0.1) is 17.5 Å². The van der Waals surface area contributed by atoms with E-state index in [1.165, 1.54) is 58.5 Å². The molecule has 198 valence electrons. The minimum atomic E-state index is -0.944. The number of rotatable bonds is 7. The van der Waals surface area contributed by atoms with Crippen molar-refractivity contribution >= 4 is 22.7 Å². The third kappa shape index (κ3) is 4.69. The Bertz CT molecular complexity index is 1230. The summed E-state index contributed by atoms with van der Waals surface area (Å²) >= 11 is 0. The molecule has 1 N–H and O–H groups in total. The van der Waals surface area contributed by atoms with E-state index in [9.17, 15) is 14.7 Å². The van der Waals surface area contributed by atoms with Gasteiger partial charge in [-0.3, -0.25) is 14.5 Å². The molecule has 8 heteroatoms. The summed E-state index contributed by atoms with van der Waals surface area (Å²) in [7, 11) is 1.41. The number of nitrogens with zero attached hydrogens (tertiary/aromatic N) is 4. The topological polar surface area (TPSA) is 97.0 Å². The van der Waals surface area contributed by atoms with Crippen LogP contribution in [0.2, 0.25) is 0 Å². The second-order valence-corrected chi connectivity index (χ2v) is 11.7. The minimum Gasteiger partial charge on any atom is -0.481 e. The number of aliphatic carboxylic acids is 1. The fraction of sp³-hybridized carbons (Fsp3) is 0.655. The molecule has 2 unspecified atom stereocenters. The average Bonchev–Trinajstić information content (AvgIpc) is 3.15. The van der Waals surface area contributed by atoms with Gasteiger partial charge in [-0.2, -0.15) is 0 Å². The molecule has 8 nitrogen and oxygen atoms in total. The molecular weight excluding hydrogens is 468 g/mol. The number of carbonyl (C=O) groups is 1. The molecule has 1 aromatic carbocycles. The Morgan fingerprint density at radius 3 is 2.35 bits per heavy atom. The van der Waals surface area contributed by atoms with Crippen LogP contribution in [0.1, 0.15) is 88.8 Å². The Morgan fingerprint density at radius 1 is 0.973 bits per heavy atom. The van der Waals surface area contributed by atoms with Gasteiger partial charge in [-0.05, 0) is 68.9 Å². The molecule has 2 aliphatic carbocycles. The molecule has 3 heterocycles. The van der Waals surface area contributed by atoms with Crippen molar-refractivity contribution in [2.24, 2.45) is 17.0 Å². The Morgan fingerprint density at radius 2 is 1.68 bits per heavy atom. The van der Waals surface area contributed by atoms with Crippen LogP contribution in [0.3, 0.4) is 0 Å². The van der Waals surface area contributed by atoms with Crippen molar-refractivity contribution in [2.45, 2.75) is 101 Å². The molecule has 6 rings (SSSR count). The lowest BCUT2D eigenvalue weighted by Gasteiger charge is -2.49. The van der Waals surface area contributed by atoms with Crippen LogP contribution in [-0.4, -0.2) is 56.5 Å². The summed E-state index contributed by atoms with van der Waals surface area (Å²) in [6.07, 6.45) is 12.7. The fourth-order valence-electron chi connectivity index (χ4n) is 8.18. The van der Waals surface area contributed by atoms with Gasteiger partial charge in [-0.15, -0.1) is 0 Å². The normalized spacial score (nSPS) is 32.0. The van der Waals surface area contributed by atoms with E-state index >= 15 is 0 Å². The number of hydrogen-bond donors (Lipinski definition) is 1. The third-order valence-corrected chi connectivity index (χ3v) is 9.50. The van der Waals surface area contributed by atoms with Crippen molar-refractivity contribution in [3.63, 3.8) is 0 Å². The smallest absolute Gasteiger partial charge is 0.303 e. The van der Waals surface area contributed by atoms with Crippen molar-refractivity contribution in [3.05, 3.63) is 40.3 Å². The van der Waals surface area contributed by atoms with Crippen LogP contribution in [0, 0.1) is 11.8 Å². The molecule has 2 saturated carbocycles. The van der Waals surface area contributed by atoms with Crippen LogP contribution in [0.15, 0.2) is 34.2 Å². The third-order valence-electron chi connectivity index (χ3n) is 9.50. The first-order valence-electron chi connectivity index (χ1n) is 14.1. The molecule has 4 fully saturated rings. The van der Waals surface area contributed by atoms with Crippen LogP contribution in [-0.2, 0) is 9.63 Å². The van der Waals surface area contributed by atoms with E-state index in [4.69, 9.17) is 4.84 Å². The van der Waals surface area contributed by atoms with Gasteiger partial charge in [0.1, 0.15) is 12.8 Å². The first kappa shape index (κ1) is 24.6. The van der Waals surface area contributed by atoms with E-state index in [0.717, 1.165) is 35.7 Å². The zero-order valence-corrected chi connectivity index (χ0v) is 21.7. The Balaban J connectivity index is 1.33. The maximum atomic E-state index is 14.0. The van der Waals surface area contributed by atoms with Crippen molar-refractivity contribution in [1.82, 2.24) is 14.5 Å². The highest BCUT2D eigenvalue weighted by atomic mass is 16.6. The number of oxime groups is 1. The number of benzene rings is 1. The first-order chi connectivity index (χ1) is 18.0. The second-order valence-electron chi connectivity index (χ2n) is 11.7. The molecule has 37 heavy (non-hydrogen) atoms. The molecule has 2 saturated heterocycles. The molecule has 4 bridgehead atoms. The Labute approximate surface area is 217 Å². The number of hydrogen-bond acceptors (Lipinski definition) is 6. The lowest BCUT2D eigenvalue weighted by atomic mass is 9.69. The number of para-hydroxylation sites is 2. The summed E-state index contributed by atoms with van der Waals surface area (Å²) in [5.41, 5.74) is 1.88. The standard InChI is InChI=1S/C29H38N4O4/c1-37-31-25(11-12-27(34)35)28-29(36)33(26-8-3-2-7-24(26)30-28)23-16-20-9-10-21(17-23)32(20)22-14-18-5-4-6-19(13-18)15-22/h2-3,7-8,18-23H,4-6,9-17H2,1H3,(H,34,35)/t18?,19?,20-,21+,22?,23+. The van der Waals surface area contributed by atoms with Crippen molar-refractivity contribution in [1.29, 1.82) is 0 Å². The summed E-state index contributed by atoms with van der Waals surface area (Å²) in [5, 5.41) is 13.3. The van der Waals surface area contributed by atoms with Crippen molar-refractivity contribution in [2.75, 3.05) is 7.11 Å². The van der Waals surface area contributed by atoms with Gasteiger partial charge in [-0.1, -0.05) is 36.6 Å². The zero-order valence-electron chi connectivity index (χ0n) is 21.7. The molecule has 2 aromatic rings. The van der Waals surface area contributed by atoms with Gasteiger partial charge in [0.15, 0.2) is 5.69 Å². The fourth-order valence-corrected chi connectivity index (χ4v) is 8.18. The molecule has 4 aliphatic rings. The molecule has 1 aromatic heterocycles. The number of aromatic nitrogens is 2. The maximum absolute atomic E-state index is 14.0. The lowest BCUT2D eigenvalue weighted by molar-refractivity contribution is -0.136. The number of carboxylic acids is 1.